The molecular formula is C22H34N4O. The molecule has 1 aromatic heterocycles. The van der Waals surface area contributed by atoms with E-state index in [4.69, 9.17) is 9.41 Å². The molecule has 5 heteroatoms. The third kappa shape index (κ3) is 5.48. The molecule has 2 N–H and O–H groups in total. The third-order valence-corrected chi connectivity index (χ3v) is 5.53. The molecule has 1 aliphatic rings. The van der Waals surface area contributed by atoms with Crippen LogP contribution < -0.4 is 10.6 Å². The van der Waals surface area contributed by atoms with Crippen molar-refractivity contribution < 1.29 is 4.42 Å². The number of likely N-dealkylation sites (tertiary alicyclic amines) is 1. The van der Waals surface area contributed by atoms with Crippen molar-refractivity contribution in [2.75, 3.05) is 32.7 Å². The highest BCUT2D eigenvalue weighted by Crippen LogP contribution is 2.23. The Morgan fingerprint density at radius 3 is 2.74 bits per heavy atom. The number of rotatable bonds is 7. The molecule has 0 saturated carbocycles. The van der Waals surface area contributed by atoms with Crippen LogP contribution >= 0.6 is 0 Å². The Kier molecular flexibility index (Phi) is 7.16. The van der Waals surface area contributed by atoms with Gasteiger partial charge in [-0.25, -0.2) is 0 Å². The Balaban J connectivity index is 1.53. The second-order valence-electron chi connectivity index (χ2n) is 7.48. The summed E-state index contributed by atoms with van der Waals surface area (Å²) in [5.74, 6) is 2.62. The van der Waals surface area contributed by atoms with E-state index in [-0.39, 0.29) is 6.04 Å². The van der Waals surface area contributed by atoms with E-state index in [1.165, 1.54) is 38.9 Å². The number of aliphatic imine (C=N–C) groups is 1. The first kappa shape index (κ1) is 19.7. The predicted octanol–water partition coefficient (Wildman–Crippen LogP) is 4.17. The van der Waals surface area contributed by atoms with Gasteiger partial charge in [0.25, 0.3) is 0 Å². The third-order valence-electron chi connectivity index (χ3n) is 5.53. The van der Waals surface area contributed by atoms with E-state index in [1.54, 1.807) is 0 Å². The maximum Gasteiger partial charge on any atom is 0.191 e. The summed E-state index contributed by atoms with van der Waals surface area (Å²) in [4.78, 5) is 7.35. The zero-order valence-electron chi connectivity index (χ0n) is 17.0. The second kappa shape index (κ2) is 9.79. The van der Waals surface area contributed by atoms with E-state index in [0.717, 1.165) is 41.7 Å². The molecule has 0 bridgehead atoms. The standard InChI is InChI=1S/C22H34N4O/c1-4-23-22(24-13-10-18-11-14-26(5-2)15-12-18)25-17(3)21-16-19-8-6-7-9-20(19)27-21/h6-9,16-18H,4-5,10-15H2,1-3H3,(H2,23,24,25). The van der Waals surface area contributed by atoms with Crippen LogP contribution in [0.3, 0.4) is 0 Å². The monoisotopic (exact) mass is 370 g/mol. The molecule has 2 aromatic rings. The van der Waals surface area contributed by atoms with Crippen molar-refractivity contribution >= 4 is 16.9 Å². The molecule has 0 amide bonds. The van der Waals surface area contributed by atoms with Crippen molar-refractivity contribution in [1.29, 1.82) is 0 Å². The van der Waals surface area contributed by atoms with Gasteiger partial charge in [0.15, 0.2) is 5.96 Å². The quantitative estimate of drug-likeness (QED) is 0.567. The smallest absolute Gasteiger partial charge is 0.191 e. The molecule has 1 atom stereocenters. The number of piperidine rings is 1. The van der Waals surface area contributed by atoms with Gasteiger partial charge in [-0.3, -0.25) is 4.99 Å². The van der Waals surface area contributed by atoms with Crippen molar-refractivity contribution in [2.24, 2.45) is 10.9 Å². The zero-order chi connectivity index (χ0) is 19.1. The summed E-state index contributed by atoms with van der Waals surface area (Å²) in [7, 11) is 0. The minimum atomic E-state index is 0.0722. The van der Waals surface area contributed by atoms with Crippen LogP contribution in [0.25, 0.3) is 11.0 Å². The van der Waals surface area contributed by atoms with Gasteiger partial charge in [0.1, 0.15) is 11.3 Å². The molecule has 148 valence electrons. The van der Waals surface area contributed by atoms with Crippen LogP contribution in [-0.2, 0) is 0 Å². The minimum absolute atomic E-state index is 0.0722. The Labute approximate surface area is 163 Å². The van der Waals surface area contributed by atoms with Gasteiger partial charge in [0.05, 0.1) is 6.04 Å². The number of hydrogen-bond donors (Lipinski definition) is 2. The summed E-state index contributed by atoms with van der Waals surface area (Å²) in [6, 6.07) is 10.3. The summed E-state index contributed by atoms with van der Waals surface area (Å²) < 4.78 is 5.98. The van der Waals surface area contributed by atoms with E-state index in [2.05, 4.69) is 48.4 Å². The summed E-state index contributed by atoms with van der Waals surface area (Å²) in [6.45, 7) is 11.9. The van der Waals surface area contributed by atoms with E-state index in [1.807, 2.05) is 18.2 Å². The van der Waals surface area contributed by atoms with E-state index >= 15 is 0 Å². The Morgan fingerprint density at radius 2 is 2.04 bits per heavy atom. The molecule has 1 fully saturated rings. The van der Waals surface area contributed by atoms with Gasteiger partial charge in [0.2, 0.25) is 0 Å². The van der Waals surface area contributed by atoms with Crippen LogP contribution in [0.1, 0.15) is 51.8 Å². The van der Waals surface area contributed by atoms with E-state index in [0.29, 0.717) is 0 Å². The number of benzene rings is 1. The Bertz CT molecular complexity index is 698. The number of para-hydroxylation sites is 1. The number of furan rings is 1. The number of hydrogen-bond acceptors (Lipinski definition) is 3. The lowest BCUT2D eigenvalue weighted by Crippen LogP contribution is -2.39. The number of guanidine groups is 1. The van der Waals surface area contributed by atoms with Crippen molar-refractivity contribution in [3.8, 4) is 0 Å². The van der Waals surface area contributed by atoms with Crippen molar-refractivity contribution in [3.05, 3.63) is 36.1 Å². The van der Waals surface area contributed by atoms with Crippen molar-refractivity contribution in [1.82, 2.24) is 15.5 Å². The SMILES string of the molecule is CCNC(=NCCC1CCN(CC)CC1)NC(C)c1cc2ccccc2o1. The molecule has 2 heterocycles. The fraction of sp³-hybridized carbons (Fsp3) is 0.591. The van der Waals surface area contributed by atoms with Crippen molar-refractivity contribution in [3.63, 3.8) is 0 Å². The Morgan fingerprint density at radius 1 is 1.26 bits per heavy atom. The summed E-state index contributed by atoms with van der Waals surface area (Å²) in [5, 5.41) is 7.99. The first-order chi connectivity index (χ1) is 13.2. The fourth-order valence-corrected chi connectivity index (χ4v) is 3.76. The normalized spacial score (nSPS) is 18.0. The van der Waals surface area contributed by atoms with Gasteiger partial charge >= 0.3 is 0 Å². The maximum absolute atomic E-state index is 5.98. The molecule has 0 radical (unpaired) electrons. The maximum atomic E-state index is 5.98. The van der Waals surface area contributed by atoms with Crippen LogP contribution in [-0.4, -0.2) is 43.6 Å². The molecular weight excluding hydrogens is 336 g/mol. The van der Waals surface area contributed by atoms with Gasteiger partial charge in [-0.2, -0.15) is 0 Å². The molecule has 1 aliphatic heterocycles. The summed E-state index contributed by atoms with van der Waals surface area (Å²) in [5.41, 5.74) is 0.932. The molecule has 5 nitrogen and oxygen atoms in total. The van der Waals surface area contributed by atoms with Crippen LogP contribution in [0.2, 0.25) is 0 Å². The highest BCUT2D eigenvalue weighted by Gasteiger charge is 2.18. The lowest BCUT2D eigenvalue weighted by molar-refractivity contribution is 0.188. The Hall–Kier alpha value is -2.01. The molecule has 1 aromatic carbocycles. The minimum Gasteiger partial charge on any atom is -0.459 e. The fourth-order valence-electron chi connectivity index (χ4n) is 3.76. The van der Waals surface area contributed by atoms with Crippen LogP contribution in [0.4, 0.5) is 0 Å². The van der Waals surface area contributed by atoms with Gasteiger partial charge in [-0.05, 0) is 70.8 Å². The summed E-state index contributed by atoms with van der Waals surface area (Å²) >= 11 is 0. The lowest BCUT2D eigenvalue weighted by Gasteiger charge is -2.30. The molecule has 0 aliphatic carbocycles. The van der Waals surface area contributed by atoms with Gasteiger partial charge in [0, 0.05) is 18.5 Å². The average Bonchev–Trinajstić information content (AvgIpc) is 3.13. The molecule has 1 saturated heterocycles. The van der Waals surface area contributed by atoms with Crippen LogP contribution in [0, 0.1) is 5.92 Å². The van der Waals surface area contributed by atoms with Crippen LogP contribution in [0.5, 0.6) is 0 Å². The van der Waals surface area contributed by atoms with Gasteiger partial charge < -0.3 is 20.0 Å². The predicted molar refractivity (Wildman–Crippen MR) is 113 cm³/mol. The highest BCUT2D eigenvalue weighted by molar-refractivity contribution is 5.81. The zero-order valence-corrected chi connectivity index (χ0v) is 17.0. The first-order valence-electron chi connectivity index (χ1n) is 10.4. The van der Waals surface area contributed by atoms with E-state index in [9.17, 15) is 0 Å². The second-order valence-corrected chi connectivity index (χ2v) is 7.48. The van der Waals surface area contributed by atoms with Gasteiger partial charge in [-0.15, -0.1) is 0 Å². The molecule has 3 rings (SSSR count). The number of nitrogens with zero attached hydrogens (tertiary/aromatic N) is 2. The first-order valence-corrected chi connectivity index (χ1v) is 10.4. The molecule has 0 spiro atoms. The summed E-state index contributed by atoms with van der Waals surface area (Å²) in [6.07, 6.45) is 3.79. The van der Waals surface area contributed by atoms with Crippen molar-refractivity contribution in [2.45, 2.75) is 46.1 Å². The highest BCUT2D eigenvalue weighted by atomic mass is 16.3. The molecule has 1 unspecified atom stereocenters. The topological polar surface area (TPSA) is 52.8 Å². The molecule has 27 heavy (non-hydrogen) atoms. The average molecular weight is 371 g/mol. The van der Waals surface area contributed by atoms with Gasteiger partial charge in [-0.1, -0.05) is 25.1 Å². The number of nitrogens with one attached hydrogen (secondary N) is 2. The largest absolute Gasteiger partial charge is 0.459 e. The van der Waals surface area contributed by atoms with E-state index < -0.39 is 0 Å². The van der Waals surface area contributed by atoms with Crippen LogP contribution in [0.15, 0.2) is 39.7 Å². The number of fused-ring (bicyclic) bond motifs is 1. The lowest BCUT2D eigenvalue weighted by atomic mass is 9.94.